The van der Waals surface area contributed by atoms with E-state index >= 15 is 0 Å². The largest absolute Gasteiger partial charge is 0.288 e. The Hall–Kier alpha value is -1.90. The molecule has 0 radical (unpaired) electrons. The van der Waals surface area contributed by atoms with Crippen LogP contribution in [0.2, 0.25) is 0 Å². The van der Waals surface area contributed by atoms with Crippen molar-refractivity contribution in [3.05, 3.63) is 47.5 Å². The lowest BCUT2D eigenvalue weighted by atomic mass is 10.1. The molecule has 1 N–H and O–H groups in total. The lowest BCUT2D eigenvalue weighted by Gasteiger charge is -1.88. The number of carbonyl (C=O) groups is 2. The first-order valence-corrected chi connectivity index (χ1v) is 5.15. The fourth-order valence-electron chi connectivity index (χ4n) is 1.12. The Bertz CT molecular complexity index is 402. The SMILES string of the molecule is C=C(C)CC.O=C1NC(=O)c2ccccc21. The van der Waals surface area contributed by atoms with Crippen LogP contribution in [-0.2, 0) is 0 Å². The molecule has 84 valence electrons. The highest BCUT2D eigenvalue weighted by molar-refractivity contribution is 6.21. The molecule has 0 unspecified atom stereocenters. The highest BCUT2D eigenvalue weighted by Crippen LogP contribution is 2.13. The fourth-order valence-corrected chi connectivity index (χ4v) is 1.12. The van der Waals surface area contributed by atoms with E-state index in [1.54, 1.807) is 24.3 Å². The van der Waals surface area contributed by atoms with Crippen molar-refractivity contribution in [2.75, 3.05) is 0 Å². The Kier molecular flexibility index (Phi) is 4.00. The van der Waals surface area contributed by atoms with Gasteiger partial charge in [-0.25, -0.2) is 0 Å². The molecule has 0 spiro atoms. The van der Waals surface area contributed by atoms with Crippen LogP contribution in [0.5, 0.6) is 0 Å². The number of nitrogens with one attached hydrogen (secondary N) is 1. The van der Waals surface area contributed by atoms with Gasteiger partial charge in [-0.3, -0.25) is 14.9 Å². The molecule has 0 fully saturated rings. The Balaban J connectivity index is 0.000000221. The summed E-state index contributed by atoms with van der Waals surface area (Å²) in [5.74, 6) is -0.601. The molecule has 3 nitrogen and oxygen atoms in total. The average Bonchev–Trinajstić information content (AvgIpc) is 2.56. The van der Waals surface area contributed by atoms with Crippen LogP contribution >= 0.6 is 0 Å². The molecule has 2 amide bonds. The van der Waals surface area contributed by atoms with Gasteiger partial charge in [-0.2, -0.15) is 0 Å². The lowest BCUT2D eigenvalue weighted by molar-refractivity contribution is 0.0879. The van der Waals surface area contributed by atoms with E-state index < -0.39 is 0 Å². The molecule has 2 rings (SSSR count). The Labute approximate surface area is 95.2 Å². The Morgan fingerprint density at radius 3 is 1.88 bits per heavy atom. The van der Waals surface area contributed by atoms with Crippen LogP contribution in [0.15, 0.2) is 36.4 Å². The number of fused-ring (bicyclic) bond motifs is 1. The van der Waals surface area contributed by atoms with E-state index in [4.69, 9.17) is 0 Å². The van der Waals surface area contributed by atoms with Crippen LogP contribution < -0.4 is 5.32 Å². The smallest absolute Gasteiger partial charge is 0.258 e. The van der Waals surface area contributed by atoms with Gasteiger partial charge in [0.1, 0.15) is 0 Å². The van der Waals surface area contributed by atoms with E-state index in [0.717, 1.165) is 6.42 Å². The third-order valence-corrected chi connectivity index (χ3v) is 2.25. The summed E-state index contributed by atoms with van der Waals surface area (Å²) in [7, 11) is 0. The Morgan fingerprint density at radius 1 is 1.19 bits per heavy atom. The third-order valence-electron chi connectivity index (χ3n) is 2.25. The number of hydrogen-bond acceptors (Lipinski definition) is 2. The predicted molar refractivity (Wildman–Crippen MR) is 63.3 cm³/mol. The molecule has 0 aromatic heterocycles. The summed E-state index contributed by atoms with van der Waals surface area (Å²) in [6.07, 6.45) is 1.11. The molecular weight excluding hydrogens is 202 g/mol. The van der Waals surface area contributed by atoms with Crippen molar-refractivity contribution in [3.8, 4) is 0 Å². The summed E-state index contributed by atoms with van der Waals surface area (Å²) in [5, 5.41) is 2.20. The quantitative estimate of drug-likeness (QED) is 0.580. The van der Waals surface area contributed by atoms with Crippen molar-refractivity contribution >= 4 is 11.8 Å². The molecule has 1 aromatic carbocycles. The maximum atomic E-state index is 10.9. The van der Waals surface area contributed by atoms with Crippen LogP contribution in [-0.4, -0.2) is 11.8 Å². The fraction of sp³-hybridized carbons (Fsp3) is 0.231. The minimum Gasteiger partial charge on any atom is -0.288 e. The molecule has 1 aliphatic heterocycles. The van der Waals surface area contributed by atoms with Gasteiger partial charge in [0.2, 0.25) is 0 Å². The number of rotatable bonds is 1. The van der Waals surface area contributed by atoms with E-state index in [1.807, 2.05) is 6.92 Å². The van der Waals surface area contributed by atoms with Gasteiger partial charge in [0.25, 0.3) is 11.8 Å². The number of hydrogen-bond donors (Lipinski definition) is 1. The normalized spacial score (nSPS) is 12.4. The van der Waals surface area contributed by atoms with Crippen molar-refractivity contribution < 1.29 is 9.59 Å². The van der Waals surface area contributed by atoms with Gasteiger partial charge < -0.3 is 0 Å². The summed E-state index contributed by atoms with van der Waals surface area (Å²) < 4.78 is 0. The van der Waals surface area contributed by atoms with Crippen molar-refractivity contribution in [2.45, 2.75) is 20.3 Å². The standard InChI is InChI=1S/C8H5NO2.C5H10/c10-7-5-3-1-2-4-6(5)8(11)9-7;1-4-5(2)3/h1-4H,(H,9,10,11);2,4H2,1,3H3. The molecule has 1 heterocycles. The van der Waals surface area contributed by atoms with E-state index in [2.05, 4.69) is 18.8 Å². The summed E-state index contributed by atoms with van der Waals surface area (Å²) in [4.78, 5) is 21.9. The first-order chi connectivity index (χ1) is 7.56. The predicted octanol–water partition coefficient (Wildman–Crippen LogP) is 2.54. The molecule has 0 atom stereocenters. The van der Waals surface area contributed by atoms with Gasteiger partial charge in [0, 0.05) is 0 Å². The van der Waals surface area contributed by atoms with Crippen LogP contribution in [0.25, 0.3) is 0 Å². The molecule has 0 saturated heterocycles. The van der Waals surface area contributed by atoms with Gasteiger partial charge in [0.05, 0.1) is 11.1 Å². The summed E-state index contributed by atoms with van der Waals surface area (Å²) in [6, 6.07) is 6.74. The molecule has 1 aliphatic rings. The number of imide groups is 1. The highest BCUT2D eigenvalue weighted by atomic mass is 16.2. The molecule has 1 aromatic rings. The molecule has 0 aliphatic carbocycles. The third kappa shape index (κ3) is 2.79. The van der Waals surface area contributed by atoms with Gasteiger partial charge in [-0.05, 0) is 25.5 Å². The second-order valence-corrected chi connectivity index (χ2v) is 3.64. The second-order valence-electron chi connectivity index (χ2n) is 3.64. The first-order valence-electron chi connectivity index (χ1n) is 5.15. The summed E-state index contributed by atoms with van der Waals surface area (Å²) in [6.45, 7) is 7.80. The number of carbonyl (C=O) groups excluding carboxylic acids is 2. The number of benzene rings is 1. The van der Waals surface area contributed by atoms with E-state index in [0.29, 0.717) is 11.1 Å². The highest BCUT2D eigenvalue weighted by Gasteiger charge is 2.25. The van der Waals surface area contributed by atoms with E-state index in [-0.39, 0.29) is 11.8 Å². The monoisotopic (exact) mass is 217 g/mol. The molecular formula is C13H15NO2. The average molecular weight is 217 g/mol. The Morgan fingerprint density at radius 2 is 1.56 bits per heavy atom. The van der Waals surface area contributed by atoms with Crippen LogP contribution in [0.4, 0.5) is 0 Å². The summed E-state index contributed by atoms with van der Waals surface area (Å²) >= 11 is 0. The van der Waals surface area contributed by atoms with Crippen molar-refractivity contribution in [2.24, 2.45) is 0 Å². The van der Waals surface area contributed by atoms with Gasteiger partial charge in [0.15, 0.2) is 0 Å². The van der Waals surface area contributed by atoms with Crippen LogP contribution in [0.3, 0.4) is 0 Å². The molecule has 3 heteroatoms. The van der Waals surface area contributed by atoms with E-state index in [9.17, 15) is 9.59 Å². The van der Waals surface area contributed by atoms with Crippen LogP contribution in [0.1, 0.15) is 41.0 Å². The molecule has 0 saturated carbocycles. The number of amides is 2. The van der Waals surface area contributed by atoms with Gasteiger partial charge >= 0.3 is 0 Å². The topological polar surface area (TPSA) is 46.2 Å². The van der Waals surface area contributed by atoms with Crippen molar-refractivity contribution in [1.29, 1.82) is 0 Å². The number of allylic oxidation sites excluding steroid dienone is 1. The lowest BCUT2D eigenvalue weighted by Crippen LogP contribution is -2.19. The second kappa shape index (κ2) is 5.26. The van der Waals surface area contributed by atoms with Crippen molar-refractivity contribution in [3.63, 3.8) is 0 Å². The van der Waals surface area contributed by atoms with Crippen LogP contribution in [0, 0.1) is 0 Å². The molecule has 16 heavy (non-hydrogen) atoms. The summed E-state index contributed by atoms with van der Waals surface area (Å²) in [5.41, 5.74) is 2.19. The van der Waals surface area contributed by atoms with E-state index in [1.165, 1.54) is 5.57 Å². The zero-order valence-corrected chi connectivity index (χ0v) is 9.54. The minimum atomic E-state index is -0.300. The zero-order chi connectivity index (χ0) is 12.1. The minimum absolute atomic E-state index is 0.300. The van der Waals surface area contributed by atoms with Gasteiger partial charge in [-0.15, -0.1) is 6.58 Å². The first kappa shape index (κ1) is 12.2. The van der Waals surface area contributed by atoms with Gasteiger partial charge in [-0.1, -0.05) is 24.6 Å². The maximum absolute atomic E-state index is 10.9. The zero-order valence-electron chi connectivity index (χ0n) is 9.54. The molecule has 0 bridgehead atoms. The maximum Gasteiger partial charge on any atom is 0.258 e. The van der Waals surface area contributed by atoms with Crippen molar-refractivity contribution in [1.82, 2.24) is 5.32 Å².